The molecule has 2 heterocycles. The quantitative estimate of drug-likeness (QED) is 0.553. The summed E-state index contributed by atoms with van der Waals surface area (Å²) < 4.78 is 1.57. The first-order valence-electron chi connectivity index (χ1n) is 2.88. The lowest BCUT2D eigenvalue weighted by Crippen LogP contribution is -2.03. The van der Waals surface area contributed by atoms with Crippen LogP contribution in [0.15, 0.2) is 29.6 Å². The molecule has 0 aliphatic carbocycles. The minimum absolute atomic E-state index is 0.0174. The fraction of sp³-hybridized carbons (Fsp3) is 0. The van der Waals surface area contributed by atoms with Gasteiger partial charge in [-0.15, -0.1) is 0 Å². The summed E-state index contributed by atoms with van der Waals surface area (Å²) in [6.07, 6.45) is 4.66. The Morgan fingerprint density at radius 1 is 1.60 bits per heavy atom. The maximum absolute atomic E-state index is 11.0. The first-order chi connectivity index (χ1) is 4.88. The average Bonchev–Trinajstić information content (AvgIpc) is 2.36. The number of aromatic nitrogens is 3. The summed E-state index contributed by atoms with van der Waals surface area (Å²) in [4.78, 5) is 14.8. The number of fused-ring (bicyclic) bond motifs is 1. The highest BCUT2D eigenvalue weighted by Gasteiger charge is 1.93. The number of H-pyrrole nitrogens is 1. The monoisotopic (exact) mass is 135 g/mol. The predicted molar refractivity (Wildman–Crippen MR) is 35.8 cm³/mol. The SMILES string of the molecule is O=c1cc[nH]n2cncc12. The van der Waals surface area contributed by atoms with Gasteiger partial charge in [0, 0.05) is 12.3 Å². The van der Waals surface area contributed by atoms with Crippen molar-refractivity contribution >= 4 is 5.52 Å². The van der Waals surface area contributed by atoms with Crippen LogP contribution in [0.4, 0.5) is 0 Å². The van der Waals surface area contributed by atoms with Crippen molar-refractivity contribution < 1.29 is 0 Å². The summed E-state index contributed by atoms with van der Waals surface area (Å²) in [6, 6.07) is 1.47. The van der Waals surface area contributed by atoms with E-state index in [4.69, 9.17) is 0 Å². The number of nitrogens with zero attached hydrogens (tertiary/aromatic N) is 2. The van der Waals surface area contributed by atoms with E-state index in [-0.39, 0.29) is 5.43 Å². The zero-order chi connectivity index (χ0) is 6.97. The van der Waals surface area contributed by atoms with Gasteiger partial charge in [0.05, 0.1) is 6.20 Å². The van der Waals surface area contributed by atoms with Crippen LogP contribution in [-0.4, -0.2) is 14.6 Å². The third-order valence-electron chi connectivity index (χ3n) is 1.34. The largest absolute Gasteiger partial charge is 0.300 e. The van der Waals surface area contributed by atoms with Gasteiger partial charge in [0.1, 0.15) is 11.8 Å². The molecule has 0 bridgehead atoms. The predicted octanol–water partition coefficient (Wildman–Crippen LogP) is 0.0226. The molecule has 0 unspecified atom stereocenters. The van der Waals surface area contributed by atoms with Crippen LogP contribution >= 0.6 is 0 Å². The zero-order valence-corrected chi connectivity index (χ0v) is 5.11. The molecule has 1 N–H and O–H groups in total. The number of imidazole rings is 1. The Kier molecular flexibility index (Phi) is 0.887. The van der Waals surface area contributed by atoms with Gasteiger partial charge >= 0.3 is 0 Å². The van der Waals surface area contributed by atoms with Crippen LogP contribution in [0, 0.1) is 0 Å². The summed E-state index contributed by atoms with van der Waals surface area (Å²) >= 11 is 0. The highest BCUT2D eigenvalue weighted by molar-refractivity contribution is 5.41. The molecule has 0 spiro atoms. The number of rotatable bonds is 0. The lowest BCUT2D eigenvalue weighted by atomic mass is 10.5. The van der Waals surface area contributed by atoms with Gasteiger partial charge in [0.2, 0.25) is 5.43 Å². The van der Waals surface area contributed by atoms with Crippen LogP contribution in [0.5, 0.6) is 0 Å². The second-order valence-electron chi connectivity index (χ2n) is 1.98. The lowest BCUT2D eigenvalue weighted by molar-refractivity contribution is 0.920. The minimum atomic E-state index is -0.0174. The topological polar surface area (TPSA) is 50.2 Å². The fourth-order valence-electron chi connectivity index (χ4n) is 0.859. The van der Waals surface area contributed by atoms with Crippen LogP contribution in [0.25, 0.3) is 5.52 Å². The molecule has 4 nitrogen and oxygen atoms in total. The molecule has 0 fully saturated rings. The Morgan fingerprint density at radius 3 is 3.30 bits per heavy atom. The molecule has 2 aromatic rings. The van der Waals surface area contributed by atoms with Gasteiger partial charge in [-0.2, -0.15) is 0 Å². The number of aromatic amines is 1. The van der Waals surface area contributed by atoms with Crippen molar-refractivity contribution in [3.8, 4) is 0 Å². The number of hydrogen-bond acceptors (Lipinski definition) is 2. The Bertz CT molecular complexity index is 400. The highest BCUT2D eigenvalue weighted by Crippen LogP contribution is 1.88. The van der Waals surface area contributed by atoms with Crippen molar-refractivity contribution in [3.63, 3.8) is 0 Å². The second kappa shape index (κ2) is 1.70. The normalized spacial score (nSPS) is 10.4. The molecule has 0 saturated carbocycles. The van der Waals surface area contributed by atoms with Gasteiger partial charge in [-0.25, -0.2) is 9.50 Å². The van der Waals surface area contributed by atoms with E-state index in [9.17, 15) is 4.79 Å². The fourth-order valence-corrected chi connectivity index (χ4v) is 0.859. The van der Waals surface area contributed by atoms with Crippen LogP contribution in [0.3, 0.4) is 0 Å². The Balaban J connectivity index is 3.09. The Labute approximate surface area is 56.1 Å². The van der Waals surface area contributed by atoms with E-state index in [1.807, 2.05) is 0 Å². The lowest BCUT2D eigenvalue weighted by Gasteiger charge is -1.88. The van der Waals surface area contributed by atoms with E-state index in [2.05, 4.69) is 10.1 Å². The van der Waals surface area contributed by atoms with E-state index in [1.165, 1.54) is 12.3 Å². The maximum Gasteiger partial charge on any atom is 0.207 e. The van der Waals surface area contributed by atoms with Crippen LogP contribution in [0.1, 0.15) is 0 Å². The van der Waals surface area contributed by atoms with Crippen LogP contribution < -0.4 is 5.43 Å². The molecule has 0 aliphatic rings. The molecule has 4 heteroatoms. The third kappa shape index (κ3) is 0.556. The van der Waals surface area contributed by atoms with Gasteiger partial charge in [-0.1, -0.05) is 0 Å². The molecule has 2 aromatic heterocycles. The van der Waals surface area contributed by atoms with Crippen LogP contribution in [0.2, 0.25) is 0 Å². The molecular formula is C6H5N3O. The smallest absolute Gasteiger partial charge is 0.207 e. The number of nitrogens with one attached hydrogen (secondary N) is 1. The molecule has 50 valence electrons. The van der Waals surface area contributed by atoms with E-state index in [1.54, 1.807) is 17.0 Å². The first kappa shape index (κ1) is 5.22. The van der Waals surface area contributed by atoms with Crippen molar-refractivity contribution in [2.75, 3.05) is 0 Å². The van der Waals surface area contributed by atoms with Crippen molar-refractivity contribution in [1.29, 1.82) is 0 Å². The summed E-state index contributed by atoms with van der Waals surface area (Å²) in [5.74, 6) is 0. The van der Waals surface area contributed by atoms with Crippen LogP contribution in [-0.2, 0) is 0 Å². The van der Waals surface area contributed by atoms with E-state index >= 15 is 0 Å². The summed E-state index contributed by atoms with van der Waals surface area (Å²) in [5, 5.41) is 2.83. The minimum Gasteiger partial charge on any atom is -0.300 e. The van der Waals surface area contributed by atoms with Gasteiger partial charge < -0.3 is 0 Å². The van der Waals surface area contributed by atoms with Gasteiger partial charge in [0.15, 0.2) is 0 Å². The second-order valence-corrected chi connectivity index (χ2v) is 1.98. The first-order valence-corrected chi connectivity index (χ1v) is 2.88. The summed E-state index contributed by atoms with van der Waals surface area (Å²) in [6.45, 7) is 0. The molecule has 0 aliphatic heterocycles. The van der Waals surface area contributed by atoms with Crippen molar-refractivity contribution in [1.82, 2.24) is 14.6 Å². The molecule has 0 radical (unpaired) electrons. The van der Waals surface area contributed by atoms with Crippen molar-refractivity contribution in [2.24, 2.45) is 0 Å². The molecule has 0 atom stereocenters. The molecule has 0 saturated heterocycles. The van der Waals surface area contributed by atoms with Crippen molar-refractivity contribution in [2.45, 2.75) is 0 Å². The molecule has 2 rings (SSSR count). The van der Waals surface area contributed by atoms with Crippen molar-refractivity contribution in [3.05, 3.63) is 35.0 Å². The Morgan fingerprint density at radius 2 is 2.50 bits per heavy atom. The van der Waals surface area contributed by atoms with Gasteiger partial charge in [-0.05, 0) is 0 Å². The van der Waals surface area contributed by atoms with E-state index in [0.29, 0.717) is 5.52 Å². The number of hydrogen-bond donors (Lipinski definition) is 1. The standard InChI is InChI=1S/C6H5N3O/c10-6-1-2-8-9-4-7-3-5(6)9/h1-4,8H. The average molecular weight is 135 g/mol. The third-order valence-corrected chi connectivity index (χ3v) is 1.34. The Hall–Kier alpha value is -1.58. The van der Waals surface area contributed by atoms with Gasteiger partial charge in [-0.3, -0.25) is 9.89 Å². The molecule has 0 amide bonds. The summed E-state index contributed by atoms with van der Waals surface area (Å²) in [5.41, 5.74) is 0.554. The molecular weight excluding hydrogens is 130 g/mol. The van der Waals surface area contributed by atoms with E-state index in [0.717, 1.165) is 0 Å². The highest BCUT2D eigenvalue weighted by atomic mass is 16.1. The molecule has 10 heavy (non-hydrogen) atoms. The summed E-state index contributed by atoms with van der Waals surface area (Å²) in [7, 11) is 0. The van der Waals surface area contributed by atoms with E-state index < -0.39 is 0 Å². The van der Waals surface area contributed by atoms with Gasteiger partial charge in [0.25, 0.3) is 0 Å². The zero-order valence-electron chi connectivity index (χ0n) is 5.11. The molecule has 0 aromatic carbocycles. The maximum atomic E-state index is 11.0.